The first kappa shape index (κ1) is 21.5. The highest BCUT2D eigenvalue weighted by atomic mass is 16.5. The van der Waals surface area contributed by atoms with Crippen LogP contribution in [-0.2, 0) is 22.7 Å². The maximum absolute atomic E-state index is 13.0. The van der Waals surface area contributed by atoms with Gasteiger partial charge in [0.05, 0.1) is 5.69 Å². The van der Waals surface area contributed by atoms with Gasteiger partial charge in [-0.25, -0.2) is 14.6 Å². The maximum atomic E-state index is 13.0. The Hall–Kier alpha value is -3.68. The maximum Gasteiger partial charge on any atom is 0.332 e. The van der Waals surface area contributed by atoms with E-state index in [1.165, 1.54) is 10.5 Å². The summed E-state index contributed by atoms with van der Waals surface area (Å²) < 4.78 is 6.97. The summed E-state index contributed by atoms with van der Waals surface area (Å²) in [5.74, 6) is -0.504. The summed E-state index contributed by atoms with van der Waals surface area (Å²) in [6, 6.07) is 14.1. The minimum Gasteiger partial charge on any atom is -0.457 e. The van der Waals surface area contributed by atoms with Gasteiger partial charge in [0.15, 0.2) is 0 Å². The number of fused-ring (bicyclic) bond motifs is 1. The number of ether oxygens (including phenoxy) is 1. The van der Waals surface area contributed by atoms with Gasteiger partial charge in [-0.2, -0.15) is 0 Å². The summed E-state index contributed by atoms with van der Waals surface area (Å²) in [5.41, 5.74) is 1.47. The second-order valence-corrected chi connectivity index (χ2v) is 8.18. The van der Waals surface area contributed by atoms with E-state index in [2.05, 4.69) is 15.6 Å². The third-order valence-corrected chi connectivity index (χ3v) is 5.71. The zero-order chi connectivity index (χ0) is 22.6. The number of carbonyl (C=O) groups is 2. The van der Waals surface area contributed by atoms with Crippen molar-refractivity contribution in [3.05, 3.63) is 81.9 Å². The predicted molar refractivity (Wildman–Crippen MR) is 119 cm³/mol. The molecule has 0 radical (unpaired) electrons. The van der Waals surface area contributed by atoms with Crippen LogP contribution in [0.2, 0.25) is 0 Å². The van der Waals surface area contributed by atoms with Crippen LogP contribution in [0.3, 0.4) is 0 Å². The summed E-state index contributed by atoms with van der Waals surface area (Å²) in [4.78, 5) is 42.2. The zero-order valence-electron chi connectivity index (χ0n) is 18.0. The van der Waals surface area contributed by atoms with Gasteiger partial charge in [0.2, 0.25) is 0 Å². The van der Waals surface area contributed by atoms with E-state index in [9.17, 15) is 14.4 Å². The molecule has 0 unspecified atom stereocenters. The van der Waals surface area contributed by atoms with Crippen molar-refractivity contribution in [2.24, 2.45) is 0 Å². The summed E-state index contributed by atoms with van der Waals surface area (Å²) in [6.45, 7) is 2.13. The Balaban J connectivity index is 1.41. The van der Waals surface area contributed by atoms with Crippen LogP contribution >= 0.6 is 0 Å². The van der Waals surface area contributed by atoms with E-state index >= 15 is 0 Å². The molecule has 166 valence electrons. The molecule has 0 bridgehead atoms. The molecule has 1 saturated carbocycles. The number of aryl methyl sites for hydroxylation is 1. The van der Waals surface area contributed by atoms with Crippen molar-refractivity contribution in [1.82, 2.24) is 20.0 Å². The van der Waals surface area contributed by atoms with Crippen molar-refractivity contribution in [1.29, 1.82) is 0 Å². The Kier molecular flexibility index (Phi) is 6.20. The highest BCUT2D eigenvalue weighted by Gasteiger charge is 2.44. The number of aromatic nitrogens is 2. The third kappa shape index (κ3) is 4.80. The fourth-order valence-corrected chi connectivity index (χ4v) is 4.01. The number of urea groups is 1. The van der Waals surface area contributed by atoms with Crippen molar-refractivity contribution in [3.8, 4) is 0 Å². The standard InChI is InChI=1S/C24H26N4O4/c1-17-9-10-20-26-19(13-21(29)28(20)15-17)16-32-22(30)24(11-5-6-12-24)27-23(31)25-14-18-7-3-2-4-8-18/h2-4,7-10,13,15H,5-6,11-12,14,16H2,1H3,(H2,25,27,31). The van der Waals surface area contributed by atoms with Gasteiger partial charge in [-0.05, 0) is 37.0 Å². The minimum atomic E-state index is -1.07. The van der Waals surface area contributed by atoms with E-state index in [0.717, 1.165) is 24.0 Å². The van der Waals surface area contributed by atoms with Gasteiger partial charge >= 0.3 is 12.0 Å². The first-order valence-corrected chi connectivity index (χ1v) is 10.7. The van der Waals surface area contributed by atoms with Crippen molar-refractivity contribution in [3.63, 3.8) is 0 Å². The molecule has 8 nitrogen and oxygen atoms in total. The third-order valence-electron chi connectivity index (χ3n) is 5.71. The van der Waals surface area contributed by atoms with Crippen LogP contribution in [-0.4, -0.2) is 26.9 Å². The Morgan fingerprint density at radius 2 is 1.88 bits per heavy atom. The first-order valence-electron chi connectivity index (χ1n) is 10.7. The largest absolute Gasteiger partial charge is 0.457 e. The van der Waals surface area contributed by atoms with Gasteiger partial charge in [-0.15, -0.1) is 0 Å². The van der Waals surface area contributed by atoms with Crippen molar-refractivity contribution >= 4 is 17.6 Å². The molecule has 2 N–H and O–H groups in total. The summed E-state index contributed by atoms with van der Waals surface area (Å²) in [6.07, 6.45) is 4.38. The topological polar surface area (TPSA) is 102 Å². The van der Waals surface area contributed by atoms with Crippen LogP contribution in [0.1, 0.15) is 42.5 Å². The molecule has 8 heteroatoms. The Morgan fingerprint density at radius 1 is 1.12 bits per heavy atom. The lowest BCUT2D eigenvalue weighted by Crippen LogP contribution is -2.56. The fraction of sp³-hybridized carbons (Fsp3) is 0.333. The van der Waals surface area contributed by atoms with Crippen LogP contribution in [0.4, 0.5) is 4.79 Å². The van der Waals surface area contributed by atoms with Gasteiger partial charge in [0.25, 0.3) is 5.56 Å². The number of nitrogens with zero attached hydrogens (tertiary/aromatic N) is 2. The number of esters is 1. The number of hydrogen-bond acceptors (Lipinski definition) is 5. The molecule has 1 fully saturated rings. The molecule has 0 saturated heterocycles. The molecule has 1 aromatic carbocycles. The quantitative estimate of drug-likeness (QED) is 0.581. The van der Waals surface area contributed by atoms with Crippen LogP contribution in [0.5, 0.6) is 0 Å². The Labute approximate surface area is 185 Å². The van der Waals surface area contributed by atoms with Crippen LogP contribution < -0.4 is 16.2 Å². The summed E-state index contributed by atoms with van der Waals surface area (Å²) >= 11 is 0. The second-order valence-electron chi connectivity index (χ2n) is 8.18. The Morgan fingerprint density at radius 3 is 2.62 bits per heavy atom. The highest BCUT2D eigenvalue weighted by molar-refractivity contribution is 5.87. The SMILES string of the molecule is Cc1ccc2nc(COC(=O)C3(NC(=O)NCc4ccccc4)CCCC3)cc(=O)n2c1. The number of benzene rings is 1. The van der Waals surface area contributed by atoms with Crippen molar-refractivity contribution in [2.75, 3.05) is 0 Å². The lowest BCUT2D eigenvalue weighted by molar-refractivity contribution is -0.152. The number of carbonyl (C=O) groups excluding carboxylic acids is 2. The monoisotopic (exact) mass is 434 g/mol. The molecule has 0 atom stereocenters. The number of hydrogen-bond donors (Lipinski definition) is 2. The highest BCUT2D eigenvalue weighted by Crippen LogP contribution is 2.31. The Bertz CT molecular complexity index is 1180. The molecule has 0 spiro atoms. The number of rotatable bonds is 6. The van der Waals surface area contributed by atoms with Crippen LogP contribution in [0, 0.1) is 6.92 Å². The van der Waals surface area contributed by atoms with Gasteiger partial charge in [0.1, 0.15) is 17.8 Å². The van der Waals surface area contributed by atoms with E-state index in [4.69, 9.17) is 4.74 Å². The molecule has 2 aromatic heterocycles. The molecule has 3 aromatic rings. The zero-order valence-corrected chi connectivity index (χ0v) is 18.0. The van der Waals surface area contributed by atoms with E-state index in [1.807, 2.05) is 43.3 Å². The molecule has 1 aliphatic rings. The summed E-state index contributed by atoms with van der Waals surface area (Å²) in [5, 5.41) is 5.63. The van der Waals surface area contributed by atoms with Crippen LogP contribution in [0.25, 0.3) is 5.65 Å². The smallest absolute Gasteiger partial charge is 0.332 e. The van der Waals surface area contributed by atoms with Gasteiger partial charge in [0, 0.05) is 18.8 Å². The second kappa shape index (κ2) is 9.21. The molecular formula is C24H26N4O4. The lowest BCUT2D eigenvalue weighted by Gasteiger charge is -2.28. The van der Waals surface area contributed by atoms with Crippen LogP contribution in [0.15, 0.2) is 59.5 Å². The molecule has 2 amide bonds. The molecule has 4 rings (SSSR count). The van der Waals surface area contributed by atoms with Gasteiger partial charge in [-0.1, -0.05) is 49.2 Å². The van der Waals surface area contributed by atoms with Crippen molar-refractivity contribution in [2.45, 2.75) is 51.3 Å². The van der Waals surface area contributed by atoms with E-state index in [0.29, 0.717) is 30.7 Å². The lowest BCUT2D eigenvalue weighted by atomic mass is 9.98. The summed E-state index contributed by atoms with van der Waals surface area (Å²) in [7, 11) is 0. The normalized spacial score (nSPS) is 14.8. The molecule has 1 aliphatic carbocycles. The van der Waals surface area contributed by atoms with E-state index in [-0.39, 0.29) is 12.2 Å². The fourth-order valence-electron chi connectivity index (χ4n) is 4.01. The number of pyridine rings is 1. The molecule has 0 aliphatic heterocycles. The van der Waals surface area contributed by atoms with E-state index < -0.39 is 17.5 Å². The average molecular weight is 434 g/mol. The molecular weight excluding hydrogens is 408 g/mol. The first-order chi connectivity index (χ1) is 15.4. The van der Waals surface area contributed by atoms with E-state index in [1.54, 1.807) is 12.3 Å². The minimum absolute atomic E-state index is 0.131. The molecule has 32 heavy (non-hydrogen) atoms. The van der Waals surface area contributed by atoms with Gasteiger partial charge < -0.3 is 15.4 Å². The van der Waals surface area contributed by atoms with Crippen molar-refractivity contribution < 1.29 is 14.3 Å². The predicted octanol–water partition coefficient (Wildman–Crippen LogP) is 2.86. The number of amides is 2. The number of nitrogens with one attached hydrogen (secondary N) is 2. The average Bonchev–Trinajstić information content (AvgIpc) is 3.27. The molecule has 2 heterocycles. The van der Waals surface area contributed by atoms with Gasteiger partial charge in [-0.3, -0.25) is 9.20 Å².